The van der Waals surface area contributed by atoms with Crippen LogP contribution in [0.1, 0.15) is 30.5 Å². The highest BCUT2D eigenvalue weighted by molar-refractivity contribution is 6.37. The van der Waals surface area contributed by atoms with Crippen molar-refractivity contribution in [3.05, 3.63) is 72.2 Å². The number of nitrogens with zero attached hydrogens (tertiary/aromatic N) is 3. The molecule has 1 aliphatic heterocycles. The van der Waals surface area contributed by atoms with Crippen molar-refractivity contribution in [2.45, 2.75) is 24.7 Å². The summed E-state index contributed by atoms with van der Waals surface area (Å²) in [6, 6.07) is 7.02. The summed E-state index contributed by atoms with van der Waals surface area (Å²) in [7, 11) is 0. The van der Waals surface area contributed by atoms with Gasteiger partial charge in [0.25, 0.3) is 5.56 Å². The molecule has 2 aromatic carbocycles. The van der Waals surface area contributed by atoms with Gasteiger partial charge in [0.1, 0.15) is 6.07 Å². The first-order valence-corrected chi connectivity index (χ1v) is 10.5. The van der Waals surface area contributed by atoms with E-state index in [1.165, 1.54) is 18.2 Å². The number of nitriles is 1. The highest BCUT2D eigenvalue weighted by Gasteiger charge is 2.53. The number of halogens is 3. The van der Waals surface area contributed by atoms with Gasteiger partial charge in [-0.05, 0) is 37.1 Å². The summed E-state index contributed by atoms with van der Waals surface area (Å²) in [6.45, 7) is 0. The topological polar surface area (TPSA) is 130 Å². The summed E-state index contributed by atoms with van der Waals surface area (Å²) in [5, 5.41) is 15.2. The van der Waals surface area contributed by atoms with E-state index in [1.807, 2.05) is 4.98 Å². The van der Waals surface area contributed by atoms with E-state index in [9.17, 15) is 14.4 Å². The number of hydrogen-bond acceptors (Lipinski definition) is 6. The second kappa shape index (κ2) is 7.43. The van der Waals surface area contributed by atoms with Crippen LogP contribution in [0.25, 0.3) is 5.69 Å². The fourth-order valence-corrected chi connectivity index (χ4v) is 4.65. The number of rotatable bonds is 3. The van der Waals surface area contributed by atoms with Gasteiger partial charge in [0.2, 0.25) is 11.6 Å². The Balaban J connectivity index is 1.55. The summed E-state index contributed by atoms with van der Waals surface area (Å²) < 4.78 is 21.8. The lowest BCUT2D eigenvalue weighted by molar-refractivity contribution is -0.123. The number of hydrogen-bond donors (Lipinski definition) is 2. The summed E-state index contributed by atoms with van der Waals surface area (Å²) in [4.78, 5) is 38.0. The Hall–Kier alpha value is -3.68. The van der Waals surface area contributed by atoms with E-state index in [-0.39, 0.29) is 38.7 Å². The third-order valence-electron chi connectivity index (χ3n) is 5.85. The molecule has 5 rings (SSSR count). The maximum Gasteiger partial charge on any atom is 0.349 e. The molecule has 12 heteroatoms. The molecule has 1 amide bonds. The largest absolute Gasteiger partial charge is 0.451 e. The first kappa shape index (κ1) is 21.2. The van der Waals surface area contributed by atoms with Crippen LogP contribution in [-0.2, 0) is 10.2 Å². The monoisotopic (exact) mass is 487 g/mol. The Kier molecular flexibility index (Phi) is 4.77. The third-order valence-corrected chi connectivity index (χ3v) is 6.41. The molecule has 2 N–H and O–H groups in total. The average Bonchev–Trinajstić information content (AvgIpc) is 3.05. The molecular weight excluding hydrogens is 476 g/mol. The standard InChI is InChI=1S/C21H12Cl2FN5O4/c22-10-6-9(29-20(32)27-18(30)13(8-25)28-29)7-11(23)17(10)33-14-3-2-12-15(16(14)24)21(4-1-5-21)19(31)26-12/h2-3,6-7H,1,4-5H2,(H,26,31)(H,27,30,32). The number of aromatic amines is 1. The molecule has 0 unspecified atom stereocenters. The lowest BCUT2D eigenvalue weighted by Gasteiger charge is -2.36. The quantitative estimate of drug-likeness (QED) is 0.582. The summed E-state index contributed by atoms with van der Waals surface area (Å²) in [6.07, 6.45) is 1.92. The van der Waals surface area contributed by atoms with E-state index in [2.05, 4.69) is 10.4 Å². The lowest BCUT2D eigenvalue weighted by atomic mass is 9.65. The first-order chi connectivity index (χ1) is 15.7. The van der Waals surface area contributed by atoms with Crippen molar-refractivity contribution < 1.29 is 13.9 Å². The fraction of sp³-hybridized carbons (Fsp3) is 0.190. The van der Waals surface area contributed by atoms with Crippen molar-refractivity contribution in [1.82, 2.24) is 14.8 Å². The second-order valence-corrected chi connectivity index (χ2v) is 8.48. The zero-order valence-corrected chi connectivity index (χ0v) is 18.1. The maximum atomic E-state index is 15.4. The molecule has 33 heavy (non-hydrogen) atoms. The van der Waals surface area contributed by atoms with Gasteiger partial charge < -0.3 is 10.1 Å². The summed E-state index contributed by atoms with van der Waals surface area (Å²) in [5.41, 5.74) is -2.52. The molecule has 166 valence electrons. The molecule has 1 aliphatic carbocycles. The van der Waals surface area contributed by atoms with Crippen LogP contribution in [0.4, 0.5) is 10.1 Å². The molecule has 0 atom stereocenters. The molecule has 2 heterocycles. The van der Waals surface area contributed by atoms with E-state index in [0.29, 0.717) is 18.5 Å². The highest BCUT2D eigenvalue weighted by Crippen LogP contribution is 2.53. The van der Waals surface area contributed by atoms with Gasteiger partial charge in [-0.2, -0.15) is 9.94 Å². The van der Waals surface area contributed by atoms with E-state index < -0.39 is 28.2 Å². The van der Waals surface area contributed by atoms with Crippen molar-refractivity contribution in [3.63, 3.8) is 0 Å². The van der Waals surface area contributed by atoms with Gasteiger partial charge in [-0.25, -0.2) is 9.18 Å². The Morgan fingerprint density at radius 1 is 1.18 bits per heavy atom. The number of aromatic nitrogens is 3. The molecular formula is C21H12Cl2FN5O4. The zero-order valence-electron chi connectivity index (χ0n) is 16.5. The van der Waals surface area contributed by atoms with Gasteiger partial charge in [-0.15, -0.1) is 5.10 Å². The Bertz CT molecular complexity index is 1500. The van der Waals surface area contributed by atoms with Crippen LogP contribution in [0, 0.1) is 17.1 Å². The first-order valence-electron chi connectivity index (χ1n) is 9.70. The SMILES string of the molecule is N#Cc1nn(-c2cc(Cl)c(Oc3ccc4c(c3F)C3(CCC3)C(=O)N4)c(Cl)c2)c(=O)[nH]c1=O. The molecule has 0 bridgehead atoms. The molecule has 1 fully saturated rings. The molecule has 0 radical (unpaired) electrons. The zero-order chi connectivity index (χ0) is 23.5. The van der Waals surface area contributed by atoms with Crippen LogP contribution in [0.2, 0.25) is 10.0 Å². The predicted molar refractivity (Wildman–Crippen MR) is 116 cm³/mol. The number of amides is 1. The minimum absolute atomic E-state index is 0.0488. The van der Waals surface area contributed by atoms with Gasteiger partial charge in [-0.1, -0.05) is 29.6 Å². The van der Waals surface area contributed by atoms with Gasteiger partial charge in [0.15, 0.2) is 17.3 Å². The number of anilines is 1. The minimum atomic E-state index is -0.930. The number of carbonyl (C=O) groups is 1. The summed E-state index contributed by atoms with van der Waals surface area (Å²) >= 11 is 12.6. The Morgan fingerprint density at radius 3 is 2.48 bits per heavy atom. The van der Waals surface area contributed by atoms with Crippen molar-refractivity contribution >= 4 is 34.8 Å². The average molecular weight is 488 g/mol. The molecule has 1 saturated carbocycles. The number of fused-ring (bicyclic) bond motifs is 2. The molecule has 1 spiro atoms. The Labute approximate surface area is 194 Å². The van der Waals surface area contributed by atoms with E-state index in [0.717, 1.165) is 11.1 Å². The Morgan fingerprint density at radius 2 is 1.88 bits per heavy atom. The third kappa shape index (κ3) is 3.12. The van der Waals surface area contributed by atoms with Crippen molar-refractivity contribution in [1.29, 1.82) is 5.26 Å². The van der Waals surface area contributed by atoms with Crippen LogP contribution in [0.3, 0.4) is 0 Å². The molecule has 1 aromatic heterocycles. The van der Waals surface area contributed by atoms with Crippen LogP contribution in [-0.4, -0.2) is 20.7 Å². The molecule has 9 nitrogen and oxygen atoms in total. The number of benzene rings is 2. The number of carbonyl (C=O) groups excluding carboxylic acids is 1. The normalized spacial score (nSPS) is 15.5. The van der Waals surface area contributed by atoms with Crippen molar-refractivity contribution in [3.8, 4) is 23.3 Å². The van der Waals surface area contributed by atoms with Crippen LogP contribution in [0.15, 0.2) is 33.9 Å². The smallest absolute Gasteiger partial charge is 0.349 e. The van der Waals surface area contributed by atoms with Crippen LogP contribution < -0.4 is 21.3 Å². The number of H-pyrrole nitrogens is 1. The molecule has 2 aliphatic rings. The second-order valence-electron chi connectivity index (χ2n) is 7.66. The van der Waals surface area contributed by atoms with Gasteiger partial charge >= 0.3 is 5.69 Å². The highest BCUT2D eigenvalue weighted by atomic mass is 35.5. The van der Waals surface area contributed by atoms with Crippen molar-refractivity contribution in [2.75, 3.05) is 5.32 Å². The predicted octanol–water partition coefficient (Wildman–Crippen LogP) is 3.40. The maximum absolute atomic E-state index is 15.4. The number of ether oxygens (including phenoxy) is 1. The number of nitrogens with one attached hydrogen (secondary N) is 2. The fourth-order valence-electron chi connectivity index (χ4n) is 4.10. The van der Waals surface area contributed by atoms with Gasteiger partial charge in [0, 0.05) is 11.3 Å². The van der Waals surface area contributed by atoms with Crippen molar-refractivity contribution in [2.24, 2.45) is 0 Å². The van der Waals surface area contributed by atoms with E-state index in [1.54, 1.807) is 12.1 Å². The van der Waals surface area contributed by atoms with E-state index >= 15 is 4.39 Å². The lowest BCUT2D eigenvalue weighted by Crippen LogP contribution is -2.41. The minimum Gasteiger partial charge on any atom is -0.451 e. The molecule has 3 aromatic rings. The van der Waals surface area contributed by atoms with E-state index in [4.69, 9.17) is 33.2 Å². The van der Waals surface area contributed by atoms with Crippen LogP contribution >= 0.6 is 23.2 Å². The summed E-state index contributed by atoms with van der Waals surface area (Å²) in [5.74, 6) is -1.16. The van der Waals surface area contributed by atoms with Gasteiger partial charge in [0.05, 0.1) is 21.1 Å². The van der Waals surface area contributed by atoms with Crippen LogP contribution in [0.5, 0.6) is 11.5 Å². The molecule has 0 saturated heterocycles. The van der Waals surface area contributed by atoms with Gasteiger partial charge in [-0.3, -0.25) is 14.6 Å².